The van der Waals surface area contributed by atoms with E-state index in [2.05, 4.69) is 47.0 Å². The highest BCUT2D eigenvalue weighted by atomic mass is 79.9. The summed E-state index contributed by atoms with van der Waals surface area (Å²) in [7, 11) is 2.91. The van der Waals surface area contributed by atoms with E-state index in [4.69, 9.17) is 0 Å². The van der Waals surface area contributed by atoms with E-state index in [0.29, 0.717) is 5.82 Å². The average Bonchev–Trinajstić information content (AvgIpc) is 2.32. The van der Waals surface area contributed by atoms with E-state index in [9.17, 15) is 9.59 Å². The quantitative estimate of drug-likeness (QED) is 0.670. The lowest BCUT2D eigenvalue weighted by atomic mass is 10.4. The van der Waals surface area contributed by atoms with Crippen molar-refractivity contribution in [1.82, 2.24) is 24.3 Å². The molecule has 0 aromatic carbocycles. The lowest BCUT2D eigenvalue weighted by Crippen LogP contribution is -2.38. The summed E-state index contributed by atoms with van der Waals surface area (Å²) in [5, 5.41) is 7.78. The monoisotopic (exact) mass is 377 g/mol. The molecule has 0 radical (unpaired) electrons. The molecule has 0 aliphatic carbocycles. The van der Waals surface area contributed by atoms with Crippen LogP contribution in [-0.4, -0.2) is 24.3 Å². The van der Waals surface area contributed by atoms with E-state index < -0.39 is 14.5 Å². The Kier molecular flexibility index (Phi) is 3.14. The molecule has 0 unspecified atom stereocenters. The van der Waals surface area contributed by atoms with Crippen molar-refractivity contribution in [1.29, 1.82) is 0 Å². The minimum atomic E-state index is -0.680. The number of aromatic nitrogens is 5. The predicted octanol–water partition coefficient (Wildman–Crippen LogP) is 0.385. The minimum absolute atomic E-state index is 0.106. The number of nitrogens with zero attached hydrogens (tertiary/aromatic N) is 5. The summed E-state index contributed by atoms with van der Waals surface area (Å²) in [6.45, 7) is 1.77. The summed E-state index contributed by atoms with van der Waals surface area (Å²) in [4.78, 5) is 27.8. The number of halogens is 2. The summed E-state index contributed by atoms with van der Waals surface area (Å²) in [5.41, 5.74) is -0.684. The maximum absolute atomic E-state index is 12.0. The third-order valence-electron chi connectivity index (χ3n) is 2.46. The van der Waals surface area contributed by atoms with E-state index in [1.54, 1.807) is 6.92 Å². The van der Waals surface area contributed by atoms with Gasteiger partial charge in [-0.3, -0.25) is 13.9 Å². The highest BCUT2D eigenvalue weighted by Gasteiger charge is 2.24. The van der Waals surface area contributed by atoms with Gasteiger partial charge in [0.15, 0.2) is 17.0 Å². The van der Waals surface area contributed by atoms with Crippen LogP contribution in [0.2, 0.25) is 0 Å². The van der Waals surface area contributed by atoms with Gasteiger partial charge in [-0.2, -0.15) is 0 Å². The van der Waals surface area contributed by atoms with Gasteiger partial charge < -0.3 is 0 Å². The Balaban J connectivity index is 2.96. The van der Waals surface area contributed by atoms with Crippen LogP contribution in [-0.2, 0) is 17.3 Å². The van der Waals surface area contributed by atoms with Crippen molar-refractivity contribution in [2.45, 2.75) is 10.2 Å². The molecule has 0 aliphatic heterocycles. The molecule has 2 rings (SSSR count). The molecule has 2 aromatic rings. The van der Waals surface area contributed by atoms with Crippen LogP contribution in [0.4, 0.5) is 0 Å². The molecule has 9 heteroatoms. The molecule has 0 fully saturated rings. The SMILES string of the molecule is Cn1c(=O)c2nc(C(C)(Br)Br)nnc2n(C)c1=O. The van der Waals surface area contributed by atoms with Crippen molar-refractivity contribution < 1.29 is 0 Å². The van der Waals surface area contributed by atoms with Gasteiger partial charge in [-0.25, -0.2) is 9.78 Å². The first-order valence-corrected chi connectivity index (χ1v) is 6.51. The van der Waals surface area contributed by atoms with Gasteiger partial charge in [0.25, 0.3) is 5.56 Å². The summed E-state index contributed by atoms with van der Waals surface area (Å²) in [6, 6.07) is 0. The second-order valence-electron chi connectivity index (χ2n) is 3.90. The van der Waals surface area contributed by atoms with E-state index >= 15 is 0 Å². The summed E-state index contributed by atoms with van der Waals surface area (Å²) >= 11 is 6.65. The number of hydrogen-bond acceptors (Lipinski definition) is 5. The zero-order valence-corrected chi connectivity index (χ0v) is 13.0. The number of fused-ring (bicyclic) bond motifs is 1. The zero-order valence-electron chi connectivity index (χ0n) is 9.81. The van der Waals surface area contributed by atoms with Gasteiger partial charge in [-0.1, -0.05) is 31.9 Å². The molecule has 0 atom stereocenters. The zero-order chi connectivity index (χ0) is 13.7. The van der Waals surface area contributed by atoms with E-state index in [1.807, 2.05) is 0 Å². The number of aryl methyl sites for hydroxylation is 1. The third-order valence-corrected chi connectivity index (χ3v) is 3.17. The second kappa shape index (κ2) is 4.23. The minimum Gasteiger partial charge on any atom is -0.278 e. The fourth-order valence-electron chi connectivity index (χ4n) is 1.44. The van der Waals surface area contributed by atoms with Crippen molar-refractivity contribution in [3.8, 4) is 0 Å². The normalized spacial score (nSPS) is 12.1. The molecule has 0 amide bonds. The number of rotatable bonds is 1. The topological polar surface area (TPSA) is 82.7 Å². The van der Waals surface area contributed by atoms with E-state index in [-0.39, 0.29) is 11.2 Å². The van der Waals surface area contributed by atoms with Crippen LogP contribution in [0.15, 0.2) is 9.59 Å². The maximum atomic E-state index is 12.0. The van der Waals surface area contributed by atoms with Crippen molar-refractivity contribution in [2.75, 3.05) is 0 Å². The molecular formula is C9H9Br2N5O2. The van der Waals surface area contributed by atoms with Crippen LogP contribution < -0.4 is 11.2 Å². The molecule has 0 N–H and O–H groups in total. The predicted molar refractivity (Wildman–Crippen MR) is 73.0 cm³/mol. The molecule has 0 saturated carbocycles. The number of alkyl halides is 2. The Morgan fingerprint density at radius 2 is 1.72 bits per heavy atom. The first kappa shape index (κ1) is 13.3. The van der Waals surface area contributed by atoms with Gasteiger partial charge in [0.1, 0.15) is 3.23 Å². The maximum Gasteiger partial charge on any atom is 0.332 e. The third kappa shape index (κ3) is 2.01. The smallest absolute Gasteiger partial charge is 0.278 e. The summed E-state index contributed by atoms with van der Waals surface area (Å²) < 4.78 is 1.54. The van der Waals surface area contributed by atoms with Crippen LogP contribution in [0.5, 0.6) is 0 Å². The fraction of sp³-hybridized carbons (Fsp3) is 0.444. The second-order valence-corrected chi connectivity index (χ2v) is 8.14. The lowest BCUT2D eigenvalue weighted by molar-refractivity contribution is 0.691. The highest BCUT2D eigenvalue weighted by Crippen LogP contribution is 2.34. The van der Waals surface area contributed by atoms with Crippen LogP contribution in [0, 0.1) is 0 Å². The summed E-state index contributed by atoms with van der Waals surface area (Å²) in [6.07, 6.45) is 0. The van der Waals surface area contributed by atoms with Crippen molar-refractivity contribution in [3.63, 3.8) is 0 Å². The number of hydrogen-bond donors (Lipinski definition) is 0. The molecule has 18 heavy (non-hydrogen) atoms. The van der Waals surface area contributed by atoms with Crippen LogP contribution in [0.1, 0.15) is 12.7 Å². The Hall–Kier alpha value is -1.09. The first-order chi connectivity index (χ1) is 8.23. The molecule has 96 valence electrons. The van der Waals surface area contributed by atoms with Crippen LogP contribution in [0.3, 0.4) is 0 Å². The Morgan fingerprint density at radius 3 is 2.28 bits per heavy atom. The Morgan fingerprint density at radius 1 is 1.11 bits per heavy atom. The molecule has 0 spiro atoms. The lowest BCUT2D eigenvalue weighted by Gasteiger charge is -2.12. The average molecular weight is 379 g/mol. The molecule has 0 bridgehead atoms. The van der Waals surface area contributed by atoms with E-state index in [0.717, 1.165) is 4.57 Å². The molecular weight excluding hydrogens is 370 g/mol. The summed E-state index contributed by atoms with van der Waals surface area (Å²) in [5.74, 6) is 0.311. The standard InChI is InChI=1S/C9H9Br2N5O2/c1-9(10,11)7-12-4-5(13-14-7)15(2)8(18)16(3)6(4)17/h1-3H3. The van der Waals surface area contributed by atoms with Crippen molar-refractivity contribution in [2.24, 2.45) is 14.1 Å². The van der Waals surface area contributed by atoms with Gasteiger partial charge in [-0.05, 0) is 6.92 Å². The molecule has 0 saturated heterocycles. The Labute approximate surface area is 118 Å². The van der Waals surface area contributed by atoms with Gasteiger partial charge >= 0.3 is 5.69 Å². The molecule has 2 aromatic heterocycles. The van der Waals surface area contributed by atoms with Gasteiger partial charge in [-0.15, -0.1) is 10.2 Å². The van der Waals surface area contributed by atoms with E-state index in [1.165, 1.54) is 18.7 Å². The molecule has 7 nitrogen and oxygen atoms in total. The van der Waals surface area contributed by atoms with Crippen molar-refractivity contribution >= 4 is 43.0 Å². The van der Waals surface area contributed by atoms with Gasteiger partial charge in [0.05, 0.1) is 0 Å². The first-order valence-electron chi connectivity index (χ1n) is 4.92. The highest BCUT2D eigenvalue weighted by molar-refractivity contribution is 9.24. The molecule has 0 aliphatic rings. The van der Waals surface area contributed by atoms with Gasteiger partial charge in [0.2, 0.25) is 0 Å². The van der Waals surface area contributed by atoms with Crippen LogP contribution >= 0.6 is 31.9 Å². The van der Waals surface area contributed by atoms with Gasteiger partial charge in [0, 0.05) is 14.1 Å². The Bertz CT molecular complexity index is 743. The van der Waals surface area contributed by atoms with Crippen molar-refractivity contribution in [3.05, 3.63) is 26.7 Å². The van der Waals surface area contributed by atoms with Crippen LogP contribution in [0.25, 0.3) is 11.2 Å². The fourth-order valence-corrected chi connectivity index (χ4v) is 1.77. The largest absolute Gasteiger partial charge is 0.332 e. The molecule has 2 heterocycles.